The summed E-state index contributed by atoms with van der Waals surface area (Å²) in [6.07, 6.45) is 2.57. The maximum absolute atomic E-state index is 12.9. The van der Waals surface area contributed by atoms with Gasteiger partial charge in [-0.05, 0) is 50.6 Å². The van der Waals surface area contributed by atoms with Gasteiger partial charge in [0.25, 0.3) is 0 Å². The summed E-state index contributed by atoms with van der Waals surface area (Å²) >= 11 is 1.69. The Morgan fingerprint density at radius 2 is 1.87 bits per heavy atom. The first-order valence-corrected chi connectivity index (χ1v) is 11.8. The topological polar surface area (TPSA) is 54.5 Å². The zero-order valence-electron chi connectivity index (χ0n) is 17.9. The number of amides is 1. The van der Waals surface area contributed by atoms with Crippen molar-refractivity contribution in [3.8, 4) is 5.75 Å². The Morgan fingerprint density at radius 3 is 2.61 bits per heavy atom. The largest absolute Gasteiger partial charge is 0.491 e. The molecule has 1 N–H and O–H groups in total. The van der Waals surface area contributed by atoms with Crippen LogP contribution in [0.5, 0.6) is 5.75 Å². The van der Waals surface area contributed by atoms with Gasteiger partial charge in [-0.1, -0.05) is 42.5 Å². The van der Waals surface area contributed by atoms with E-state index in [1.165, 1.54) is 5.56 Å². The van der Waals surface area contributed by atoms with Crippen LogP contribution >= 0.6 is 11.3 Å². The molecule has 1 aromatic heterocycles. The third-order valence-electron chi connectivity index (χ3n) is 5.65. The molecule has 2 heterocycles. The second kappa shape index (κ2) is 10.6. The molecule has 6 heteroatoms. The second-order valence-electron chi connectivity index (χ2n) is 7.98. The minimum absolute atomic E-state index is 0.0331. The van der Waals surface area contributed by atoms with Gasteiger partial charge in [0.1, 0.15) is 5.75 Å². The molecule has 3 aromatic rings. The number of hydrogen-bond acceptors (Lipinski definition) is 5. The van der Waals surface area contributed by atoms with Crippen molar-refractivity contribution in [1.82, 2.24) is 9.88 Å². The number of rotatable bonds is 8. The van der Waals surface area contributed by atoms with E-state index in [2.05, 4.69) is 32.7 Å². The Labute approximate surface area is 188 Å². The first kappa shape index (κ1) is 21.5. The highest BCUT2D eigenvalue weighted by atomic mass is 32.1. The van der Waals surface area contributed by atoms with Gasteiger partial charge in [0, 0.05) is 24.3 Å². The monoisotopic (exact) mass is 435 g/mol. The van der Waals surface area contributed by atoms with Gasteiger partial charge < -0.3 is 10.1 Å². The Hall–Kier alpha value is -2.70. The lowest BCUT2D eigenvalue weighted by atomic mass is 9.95. The standard InChI is InChI=1S/C25H29N3O2S/c1-19-26-22(18-31-19)17-28-14-11-21(12-15-28)25(29)27-23-9-5-6-10-24(23)30-16-13-20-7-3-2-4-8-20/h2-10,18,21H,11-17H2,1H3,(H,27,29). The highest BCUT2D eigenvalue weighted by Crippen LogP contribution is 2.27. The quantitative estimate of drug-likeness (QED) is 0.545. The van der Waals surface area contributed by atoms with Crippen LogP contribution in [0.1, 0.15) is 29.1 Å². The zero-order chi connectivity index (χ0) is 21.5. The first-order valence-electron chi connectivity index (χ1n) is 10.9. The molecule has 0 spiro atoms. The van der Waals surface area contributed by atoms with Gasteiger partial charge in [0.2, 0.25) is 5.91 Å². The molecule has 0 unspecified atom stereocenters. The zero-order valence-corrected chi connectivity index (χ0v) is 18.7. The van der Waals surface area contributed by atoms with Gasteiger partial charge in [-0.15, -0.1) is 11.3 Å². The Morgan fingerprint density at radius 1 is 1.13 bits per heavy atom. The summed E-state index contributed by atoms with van der Waals surface area (Å²) in [5.41, 5.74) is 3.12. The summed E-state index contributed by atoms with van der Waals surface area (Å²) in [7, 11) is 0. The molecule has 1 aliphatic rings. The lowest BCUT2D eigenvalue weighted by Crippen LogP contribution is -2.37. The molecule has 162 valence electrons. The molecule has 5 nitrogen and oxygen atoms in total. The fourth-order valence-corrected chi connectivity index (χ4v) is 4.52. The van der Waals surface area contributed by atoms with Crippen molar-refractivity contribution in [3.05, 3.63) is 76.2 Å². The number of piperidine rings is 1. The fraction of sp³-hybridized carbons (Fsp3) is 0.360. The Kier molecular flexibility index (Phi) is 7.33. The van der Waals surface area contributed by atoms with Crippen LogP contribution in [0.3, 0.4) is 0 Å². The van der Waals surface area contributed by atoms with E-state index in [9.17, 15) is 4.79 Å². The van der Waals surface area contributed by atoms with Crippen LogP contribution in [0.4, 0.5) is 5.69 Å². The summed E-state index contributed by atoms with van der Waals surface area (Å²) in [6, 6.07) is 18.0. The number of benzene rings is 2. The third kappa shape index (κ3) is 6.15. The van der Waals surface area contributed by atoms with Crippen LogP contribution in [-0.4, -0.2) is 35.5 Å². The predicted octanol–water partition coefficient (Wildman–Crippen LogP) is 4.92. The normalized spacial score (nSPS) is 15.0. The summed E-state index contributed by atoms with van der Waals surface area (Å²) in [5.74, 6) is 0.845. The van der Waals surface area contributed by atoms with Crippen LogP contribution in [0, 0.1) is 12.8 Å². The predicted molar refractivity (Wildman–Crippen MR) is 126 cm³/mol. The molecule has 1 amide bonds. The fourth-order valence-electron chi connectivity index (χ4n) is 3.92. The summed E-state index contributed by atoms with van der Waals surface area (Å²) in [6.45, 7) is 5.32. The average Bonchev–Trinajstić information content (AvgIpc) is 3.20. The smallest absolute Gasteiger partial charge is 0.227 e. The number of carbonyl (C=O) groups excluding carboxylic acids is 1. The number of ether oxygens (including phenoxy) is 1. The van der Waals surface area contributed by atoms with Crippen LogP contribution in [-0.2, 0) is 17.8 Å². The van der Waals surface area contributed by atoms with Crippen LogP contribution in [0.25, 0.3) is 0 Å². The van der Waals surface area contributed by atoms with Crippen molar-refractivity contribution < 1.29 is 9.53 Å². The molecule has 0 atom stereocenters. The van der Waals surface area contributed by atoms with Gasteiger partial charge in [-0.3, -0.25) is 9.69 Å². The van der Waals surface area contributed by atoms with Crippen molar-refractivity contribution in [1.29, 1.82) is 0 Å². The third-order valence-corrected chi connectivity index (χ3v) is 6.47. The minimum Gasteiger partial charge on any atom is -0.491 e. The van der Waals surface area contributed by atoms with E-state index in [-0.39, 0.29) is 11.8 Å². The van der Waals surface area contributed by atoms with Crippen molar-refractivity contribution in [2.24, 2.45) is 5.92 Å². The molecule has 4 rings (SSSR count). The number of aryl methyl sites for hydroxylation is 1. The number of carbonyl (C=O) groups is 1. The number of thiazole rings is 1. The van der Waals surface area contributed by atoms with Crippen molar-refractivity contribution in [2.45, 2.75) is 32.7 Å². The molecule has 31 heavy (non-hydrogen) atoms. The van der Waals surface area contributed by atoms with Crippen molar-refractivity contribution in [2.75, 3.05) is 25.0 Å². The lowest BCUT2D eigenvalue weighted by molar-refractivity contribution is -0.121. The molecule has 0 saturated carbocycles. The molecule has 2 aromatic carbocycles. The van der Waals surface area contributed by atoms with Crippen LogP contribution < -0.4 is 10.1 Å². The number of hydrogen-bond donors (Lipinski definition) is 1. The Balaban J connectivity index is 1.27. The van der Waals surface area contributed by atoms with Gasteiger partial charge in [0.05, 0.1) is 23.0 Å². The molecule has 1 saturated heterocycles. The SMILES string of the molecule is Cc1nc(CN2CCC(C(=O)Nc3ccccc3OCCc3ccccc3)CC2)cs1. The van der Waals surface area contributed by atoms with Gasteiger partial charge in [-0.25, -0.2) is 4.98 Å². The highest BCUT2D eigenvalue weighted by Gasteiger charge is 2.26. The molecule has 0 aliphatic carbocycles. The van der Waals surface area contributed by atoms with E-state index in [0.29, 0.717) is 6.61 Å². The maximum atomic E-state index is 12.9. The summed E-state index contributed by atoms with van der Waals surface area (Å²) in [4.78, 5) is 19.8. The second-order valence-corrected chi connectivity index (χ2v) is 9.04. The van der Waals surface area contributed by atoms with E-state index in [1.807, 2.05) is 49.4 Å². The number of anilines is 1. The average molecular weight is 436 g/mol. The van der Waals surface area contributed by atoms with E-state index in [0.717, 1.165) is 61.0 Å². The summed E-state index contributed by atoms with van der Waals surface area (Å²) in [5, 5.41) is 6.34. The number of nitrogens with zero attached hydrogens (tertiary/aromatic N) is 2. The van der Waals surface area contributed by atoms with Crippen LogP contribution in [0.15, 0.2) is 60.0 Å². The van der Waals surface area contributed by atoms with E-state index in [4.69, 9.17) is 4.74 Å². The van der Waals surface area contributed by atoms with Gasteiger partial charge in [0.15, 0.2) is 0 Å². The molecular weight excluding hydrogens is 406 g/mol. The number of para-hydroxylation sites is 2. The van der Waals surface area contributed by atoms with Gasteiger partial charge >= 0.3 is 0 Å². The van der Waals surface area contributed by atoms with Crippen molar-refractivity contribution >= 4 is 22.9 Å². The molecule has 0 radical (unpaired) electrons. The van der Waals surface area contributed by atoms with E-state index >= 15 is 0 Å². The first-order chi connectivity index (χ1) is 15.2. The molecule has 1 aliphatic heterocycles. The summed E-state index contributed by atoms with van der Waals surface area (Å²) < 4.78 is 5.99. The number of nitrogens with one attached hydrogen (secondary N) is 1. The minimum atomic E-state index is 0.0331. The highest BCUT2D eigenvalue weighted by molar-refractivity contribution is 7.09. The van der Waals surface area contributed by atoms with Crippen molar-refractivity contribution in [3.63, 3.8) is 0 Å². The molecule has 1 fully saturated rings. The lowest BCUT2D eigenvalue weighted by Gasteiger charge is -2.30. The molecular formula is C25H29N3O2S. The number of likely N-dealkylation sites (tertiary alicyclic amines) is 1. The Bertz CT molecular complexity index is 981. The van der Waals surface area contributed by atoms with Crippen LogP contribution in [0.2, 0.25) is 0 Å². The van der Waals surface area contributed by atoms with Gasteiger partial charge in [-0.2, -0.15) is 0 Å². The maximum Gasteiger partial charge on any atom is 0.227 e. The molecule has 0 bridgehead atoms. The van der Waals surface area contributed by atoms with E-state index < -0.39 is 0 Å². The van der Waals surface area contributed by atoms with E-state index in [1.54, 1.807) is 11.3 Å². The number of aromatic nitrogens is 1.